The SMILES string of the molecule is C[C@@H]1CN(c2nc(-c3ccc(=O)[nH]c3)cn3nccc23)C(=O)[C@]1(C#N)C1CC1. The number of amides is 1. The molecule has 3 aromatic heterocycles. The molecule has 0 radical (unpaired) electrons. The van der Waals surface area contributed by atoms with Crippen molar-refractivity contribution in [2.75, 3.05) is 11.4 Å². The minimum absolute atomic E-state index is 0.0704. The van der Waals surface area contributed by atoms with Crippen LogP contribution in [0.15, 0.2) is 41.6 Å². The van der Waals surface area contributed by atoms with Gasteiger partial charge in [-0.15, -0.1) is 0 Å². The van der Waals surface area contributed by atoms with Crippen LogP contribution >= 0.6 is 0 Å². The summed E-state index contributed by atoms with van der Waals surface area (Å²) < 4.78 is 1.67. The van der Waals surface area contributed by atoms with E-state index >= 15 is 0 Å². The molecule has 2 atom stereocenters. The highest BCUT2D eigenvalue weighted by Crippen LogP contribution is 2.54. The molecule has 0 unspecified atom stereocenters. The third-order valence-corrected chi connectivity index (χ3v) is 5.95. The van der Waals surface area contributed by atoms with Crippen molar-refractivity contribution >= 4 is 17.2 Å². The van der Waals surface area contributed by atoms with Crippen LogP contribution < -0.4 is 10.5 Å². The fourth-order valence-corrected chi connectivity index (χ4v) is 4.30. The van der Waals surface area contributed by atoms with E-state index in [1.807, 2.05) is 6.92 Å². The number of hydrogen-bond acceptors (Lipinski definition) is 5. The van der Waals surface area contributed by atoms with Crippen LogP contribution in [0.1, 0.15) is 19.8 Å². The molecule has 2 fully saturated rings. The molecule has 1 aliphatic carbocycles. The van der Waals surface area contributed by atoms with Gasteiger partial charge in [-0.1, -0.05) is 6.92 Å². The standard InChI is InChI=1S/C20H18N6O2/c1-12-9-25(19(28)20(12,11-21)14-3-4-14)18-16-6-7-23-26(16)10-15(24-18)13-2-5-17(27)22-8-13/h2,5-8,10,12,14H,3-4,9H2,1H3,(H,22,27)/t12-,20+/m1/s1. The van der Waals surface area contributed by atoms with E-state index in [2.05, 4.69) is 16.2 Å². The summed E-state index contributed by atoms with van der Waals surface area (Å²) in [6.45, 7) is 2.42. The van der Waals surface area contributed by atoms with Gasteiger partial charge in [0.2, 0.25) is 11.5 Å². The number of nitriles is 1. The highest BCUT2D eigenvalue weighted by Gasteiger charge is 2.61. The lowest BCUT2D eigenvalue weighted by molar-refractivity contribution is -0.124. The van der Waals surface area contributed by atoms with Crippen molar-refractivity contribution in [1.29, 1.82) is 5.26 Å². The number of carbonyl (C=O) groups is 1. The summed E-state index contributed by atoms with van der Waals surface area (Å²) in [5, 5.41) is 14.2. The Balaban J connectivity index is 1.66. The van der Waals surface area contributed by atoms with Gasteiger partial charge in [-0.2, -0.15) is 10.4 Å². The third kappa shape index (κ3) is 2.22. The molecule has 0 aromatic carbocycles. The summed E-state index contributed by atoms with van der Waals surface area (Å²) in [6.07, 6.45) is 6.84. The molecule has 5 rings (SSSR count). The monoisotopic (exact) mass is 374 g/mol. The lowest BCUT2D eigenvalue weighted by Crippen LogP contribution is -2.37. The average molecular weight is 374 g/mol. The molecule has 8 heteroatoms. The molecule has 28 heavy (non-hydrogen) atoms. The molecule has 1 saturated carbocycles. The van der Waals surface area contributed by atoms with Crippen LogP contribution in [0.3, 0.4) is 0 Å². The first-order valence-electron chi connectivity index (χ1n) is 9.31. The first kappa shape index (κ1) is 16.7. The fourth-order valence-electron chi connectivity index (χ4n) is 4.30. The minimum atomic E-state index is -0.966. The van der Waals surface area contributed by atoms with Crippen molar-refractivity contribution in [3.8, 4) is 17.3 Å². The van der Waals surface area contributed by atoms with E-state index in [0.29, 0.717) is 29.1 Å². The second-order valence-corrected chi connectivity index (χ2v) is 7.62. The van der Waals surface area contributed by atoms with Crippen molar-refractivity contribution in [3.05, 3.63) is 47.1 Å². The summed E-state index contributed by atoms with van der Waals surface area (Å²) in [5.74, 6) is 0.391. The summed E-state index contributed by atoms with van der Waals surface area (Å²) >= 11 is 0. The molecule has 1 amide bonds. The van der Waals surface area contributed by atoms with Crippen LogP contribution in [-0.4, -0.2) is 32.0 Å². The van der Waals surface area contributed by atoms with Crippen LogP contribution in [0.5, 0.6) is 0 Å². The van der Waals surface area contributed by atoms with Crippen molar-refractivity contribution < 1.29 is 4.79 Å². The maximum Gasteiger partial charge on any atom is 0.249 e. The number of carbonyl (C=O) groups excluding carboxylic acids is 1. The number of rotatable bonds is 3. The Labute approximate surface area is 160 Å². The molecule has 1 aliphatic heterocycles. The predicted octanol–water partition coefficient (Wildman–Crippen LogP) is 1.99. The largest absolute Gasteiger partial charge is 0.328 e. The Kier molecular flexibility index (Phi) is 3.43. The van der Waals surface area contributed by atoms with Gasteiger partial charge >= 0.3 is 0 Å². The molecule has 0 spiro atoms. The minimum Gasteiger partial charge on any atom is -0.328 e. The van der Waals surface area contributed by atoms with Crippen LogP contribution in [0.4, 0.5) is 5.82 Å². The lowest BCUT2D eigenvalue weighted by Gasteiger charge is -2.23. The molecule has 1 N–H and O–H groups in total. The van der Waals surface area contributed by atoms with Gasteiger partial charge in [0, 0.05) is 30.3 Å². The highest BCUT2D eigenvalue weighted by molar-refractivity contribution is 6.04. The number of fused-ring (bicyclic) bond motifs is 1. The molecule has 1 saturated heterocycles. The Morgan fingerprint density at radius 1 is 1.29 bits per heavy atom. The Bertz CT molecular complexity index is 1180. The van der Waals surface area contributed by atoms with E-state index in [-0.39, 0.29) is 23.3 Å². The highest BCUT2D eigenvalue weighted by atomic mass is 16.2. The van der Waals surface area contributed by atoms with Gasteiger partial charge in [0.25, 0.3) is 0 Å². The van der Waals surface area contributed by atoms with Gasteiger partial charge in [0.05, 0.1) is 24.2 Å². The molecule has 8 nitrogen and oxygen atoms in total. The number of nitrogens with zero attached hydrogens (tertiary/aromatic N) is 5. The summed E-state index contributed by atoms with van der Waals surface area (Å²) in [6, 6.07) is 7.27. The second kappa shape index (κ2) is 5.76. The Morgan fingerprint density at radius 3 is 2.79 bits per heavy atom. The van der Waals surface area contributed by atoms with Gasteiger partial charge in [-0.05, 0) is 30.9 Å². The summed E-state index contributed by atoms with van der Waals surface area (Å²) in [7, 11) is 0. The van der Waals surface area contributed by atoms with Crippen LogP contribution in [0.2, 0.25) is 0 Å². The van der Waals surface area contributed by atoms with Crippen molar-refractivity contribution in [3.63, 3.8) is 0 Å². The first-order chi connectivity index (χ1) is 13.5. The fraction of sp³-hybridized carbons (Fsp3) is 0.350. The van der Waals surface area contributed by atoms with Crippen LogP contribution in [0.25, 0.3) is 16.8 Å². The molecule has 140 valence electrons. The topological polar surface area (TPSA) is 107 Å². The first-order valence-corrected chi connectivity index (χ1v) is 9.31. The van der Waals surface area contributed by atoms with E-state index in [4.69, 9.17) is 4.98 Å². The maximum absolute atomic E-state index is 13.4. The quantitative estimate of drug-likeness (QED) is 0.754. The average Bonchev–Trinajstić information content (AvgIpc) is 3.37. The van der Waals surface area contributed by atoms with Gasteiger partial charge in [0.1, 0.15) is 10.9 Å². The van der Waals surface area contributed by atoms with Gasteiger partial charge in [0.15, 0.2) is 5.82 Å². The van der Waals surface area contributed by atoms with E-state index in [0.717, 1.165) is 12.8 Å². The number of anilines is 1. The number of H-pyrrole nitrogens is 1. The number of nitrogens with one attached hydrogen (secondary N) is 1. The van der Waals surface area contributed by atoms with Crippen molar-refractivity contribution in [1.82, 2.24) is 19.6 Å². The zero-order chi connectivity index (χ0) is 19.5. The zero-order valence-corrected chi connectivity index (χ0v) is 15.3. The molecular weight excluding hydrogens is 356 g/mol. The number of aromatic nitrogens is 4. The summed E-state index contributed by atoms with van der Waals surface area (Å²) in [5.41, 5.74) is 0.844. The lowest BCUT2D eigenvalue weighted by atomic mass is 9.75. The van der Waals surface area contributed by atoms with Gasteiger partial charge < -0.3 is 4.98 Å². The molecule has 3 aromatic rings. The van der Waals surface area contributed by atoms with Gasteiger partial charge in [-0.25, -0.2) is 9.50 Å². The van der Waals surface area contributed by atoms with Crippen LogP contribution in [0, 0.1) is 28.6 Å². The number of aromatic amines is 1. The maximum atomic E-state index is 13.4. The van der Waals surface area contributed by atoms with E-state index in [9.17, 15) is 14.9 Å². The second-order valence-electron chi connectivity index (χ2n) is 7.62. The van der Waals surface area contributed by atoms with E-state index in [1.54, 1.807) is 40.1 Å². The predicted molar refractivity (Wildman–Crippen MR) is 101 cm³/mol. The van der Waals surface area contributed by atoms with Crippen LogP contribution in [-0.2, 0) is 4.79 Å². The molecule has 4 heterocycles. The van der Waals surface area contributed by atoms with Gasteiger partial charge in [-0.3, -0.25) is 14.5 Å². The molecule has 2 aliphatic rings. The van der Waals surface area contributed by atoms with E-state index < -0.39 is 5.41 Å². The summed E-state index contributed by atoms with van der Waals surface area (Å²) in [4.78, 5) is 33.8. The number of pyridine rings is 1. The number of hydrogen-bond donors (Lipinski definition) is 1. The third-order valence-electron chi connectivity index (χ3n) is 5.95. The van der Waals surface area contributed by atoms with Crippen molar-refractivity contribution in [2.45, 2.75) is 19.8 Å². The Morgan fingerprint density at radius 2 is 2.11 bits per heavy atom. The molecular formula is C20H18N6O2. The van der Waals surface area contributed by atoms with E-state index in [1.165, 1.54) is 6.07 Å². The Hall–Kier alpha value is -3.47. The smallest absolute Gasteiger partial charge is 0.249 e. The molecule has 0 bridgehead atoms. The zero-order valence-electron chi connectivity index (χ0n) is 15.3. The normalized spacial score (nSPS) is 24.6. The van der Waals surface area contributed by atoms with Crippen molar-refractivity contribution in [2.24, 2.45) is 17.3 Å².